The summed E-state index contributed by atoms with van der Waals surface area (Å²) in [5, 5.41) is -4.10. The van der Waals surface area contributed by atoms with E-state index >= 15 is 0 Å². The van der Waals surface area contributed by atoms with Crippen LogP contribution in [0.1, 0.15) is 0 Å². The lowest BCUT2D eigenvalue weighted by atomic mass is 10.8. The molecular formula is C2H3F3O2S. The van der Waals surface area contributed by atoms with Crippen LogP contribution in [0.3, 0.4) is 0 Å². The van der Waals surface area contributed by atoms with Crippen molar-refractivity contribution < 1.29 is 21.9 Å². The van der Waals surface area contributed by atoms with E-state index in [1.807, 2.05) is 0 Å². The zero-order chi connectivity index (χ0) is 6.78. The van der Waals surface area contributed by atoms with Gasteiger partial charge in [-0.05, 0) is 0 Å². The molecule has 0 heterocycles. The molecule has 0 aromatic rings. The van der Waals surface area contributed by atoms with Crippen LogP contribution in [0.15, 0.2) is 0 Å². The van der Waals surface area contributed by atoms with Crippen LogP contribution in [0.5, 0.6) is 0 Å². The van der Waals surface area contributed by atoms with Crippen LogP contribution in [0.25, 0.3) is 0 Å². The number of hydrogen-bond donors (Lipinski definition) is 1. The van der Waals surface area contributed by atoms with Crippen LogP contribution < -0.4 is 0 Å². The van der Waals surface area contributed by atoms with E-state index in [-0.39, 0.29) is 0 Å². The molecule has 6 heteroatoms. The smallest absolute Gasteiger partial charge is 0.301 e. The van der Waals surface area contributed by atoms with Crippen LogP contribution in [0.2, 0.25) is 0 Å². The van der Waals surface area contributed by atoms with E-state index in [0.29, 0.717) is 0 Å². The van der Waals surface area contributed by atoms with Crippen molar-refractivity contribution in [1.82, 2.24) is 0 Å². The number of halogens is 3. The molecule has 8 heavy (non-hydrogen) atoms. The summed E-state index contributed by atoms with van der Waals surface area (Å²) in [6, 6.07) is 0. The Labute approximate surface area is 46.0 Å². The fourth-order valence-electron chi connectivity index (χ4n) is 0.0467. The predicted octanol–water partition coefficient (Wildman–Crippen LogP) is 0.770. The monoisotopic (exact) mass is 148 g/mol. The van der Waals surface area contributed by atoms with Gasteiger partial charge in [-0.25, -0.2) is 8.60 Å². The molecule has 1 atom stereocenters. The molecule has 0 aliphatic heterocycles. The third kappa shape index (κ3) is 1.79. The van der Waals surface area contributed by atoms with E-state index in [1.54, 1.807) is 0 Å². The molecule has 0 aliphatic carbocycles. The van der Waals surface area contributed by atoms with Gasteiger partial charge in [0.05, 0.1) is 0 Å². The van der Waals surface area contributed by atoms with Gasteiger partial charge in [0.2, 0.25) is 11.1 Å². The minimum atomic E-state index is -4.10. The van der Waals surface area contributed by atoms with Gasteiger partial charge in [0, 0.05) is 0 Å². The van der Waals surface area contributed by atoms with Crippen molar-refractivity contribution in [2.75, 3.05) is 6.67 Å². The second-order valence-corrected chi connectivity index (χ2v) is 2.12. The van der Waals surface area contributed by atoms with Crippen LogP contribution >= 0.6 is 0 Å². The Hall–Kier alpha value is -0.100. The number of hydrogen-bond acceptors (Lipinski definition) is 1. The lowest BCUT2D eigenvalue weighted by Crippen LogP contribution is -2.24. The largest absolute Gasteiger partial charge is 0.372 e. The molecule has 0 rings (SSSR count). The first kappa shape index (κ1) is 7.90. The minimum absolute atomic E-state index is 2.10. The van der Waals surface area contributed by atoms with E-state index in [4.69, 9.17) is 4.55 Å². The van der Waals surface area contributed by atoms with E-state index in [0.717, 1.165) is 0 Å². The summed E-state index contributed by atoms with van der Waals surface area (Å²) in [4.78, 5) is 0. The standard InChI is InChI=1S/C2H3F3O2S/c3-1-2(4,5)8(6)7/h1H2,(H,6,7). The van der Waals surface area contributed by atoms with Crippen LogP contribution in [-0.2, 0) is 11.1 Å². The first-order valence-corrected chi connectivity index (χ1v) is 2.66. The van der Waals surface area contributed by atoms with Crippen molar-refractivity contribution in [3.05, 3.63) is 0 Å². The summed E-state index contributed by atoms with van der Waals surface area (Å²) in [5.41, 5.74) is 0. The highest BCUT2D eigenvalue weighted by Crippen LogP contribution is 2.16. The summed E-state index contributed by atoms with van der Waals surface area (Å²) in [6.45, 7) is -2.10. The molecule has 0 aromatic carbocycles. The van der Waals surface area contributed by atoms with Crippen molar-refractivity contribution in [2.45, 2.75) is 5.25 Å². The average molecular weight is 148 g/mol. The fraction of sp³-hybridized carbons (Fsp3) is 1.00. The molecule has 0 radical (unpaired) electrons. The third-order valence-corrected chi connectivity index (χ3v) is 1.03. The quantitative estimate of drug-likeness (QED) is 0.587. The Bertz CT molecular complexity index is 103. The van der Waals surface area contributed by atoms with Gasteiger partial charge in [0.15, 0.2) is 6.67 Å². The fourth-order valence-corrected chi connectivity index (χ4v) is 0.140. The molecule has 0 saturated carbocycles. The van der Waals surface area contributed by atoms with E-state index < -0.39 is 23.0 Å². The third-order valence-electron chi connectivity index (χ3n) is 0.411. The van der Waals surface area contributed by atoms with Crippen LogP contribution in [0, 0.1) is 0 Å². The molecule has 0 bridgehead atoms. The Morgan fingerprint density at radius 3 is 2.00 bits per heavy atom. The van der Waals surface area contributed by atoms with Crippen molar-refractivity contribution in [3.8, 4) is 0 Å². The molecular weight excluding hydrogens is 145 g/mol. The van der Waals surface area contributed by atoms with Crippen molar-refractivity contribution in [3.63, 3.8) is 0 Å². The molecule has 0 spiro atoms. The van der Waals surface area contributed by atoms with Gasteiger partial charge in [-0.1, -0.05) is 0 Å². The minimum Gasteiger partial charge on any atom is -0.301 e. The first-order chi connectivity index (χ1) is 3.50. The summed E-state index contributed by atoms with van der Waals surface area (Å²) < 4.78 is 50.6. The maximum atomic E-state index is 11.4. The van der Waals surface area contributed by atoms with Gasteiger partial charge in [0.1, 0.15) is 0 Å². The first-order valence-electron chi connectivity index (χ1n) is 1.55. The maximum absolute atomic E-state index is 11.4. The molecule has 1 unspecified atom stereocenters. The highest BCUT2D eigenvalue weighted by molar-refractivity contribution is 7.80. The Morgan fingerprint density at radius 2 is 2.00 bits per heavy atom. The van der Waals surface area contributed by atoms with Gasteiger partial charge in [0.25, 0.3) is 0 Å². The molecule has 0 fully saturated rings. The summed E-state index contributed by atoms with van der Waals surface area (Å²) in [5.74, 6) is 0. The van der Waals surface area contributed by atoms with Crippen molar-refractivity contribution in [1.29, 1.82) is 0 Å². The van der Waals surface area contributed by atoms with Gasteiger partial charge >= 0.3 is 5.25 Å². The lowest BCUT2D eigenvalue weighted by Gasteiger charge is -2.03. The van der Waals surface area contributed by atoms with E-state index in [9.17, 15) is 17.4 Å². The highest BCUT2D eigenvalue weighted by atomic mass is 32.2. The Kier molecular flexibility index (Phi) is 2.42. The van der Waals surface area contributed by atoms with Crippen molar-refractivity contribution >= 4 is 11.1 Å². The van der Waals surface area contributed by atoms with Crippen LogP contribution in [-0.4, -0.2) is 20.7 Å². The summed E-state index contributed by atoms with van der Waals surface area (Å²) in [7, 11) is 0. The van der Waals surface area contributed by atoms with E-state index in [1.165, 1.54) is 0 Å². The van der Waals surface area contributed by atoms with Crippen molar-refractivity contribution in [2.24, 2.45) is 0 Å². The molecule has 50 valence electrons. The van der Waals surface area contributed by atoms with Gasteiger partial charge < -0.3 is 4.55 Å². The van der Waals surface area contributed by atoms with Gasteiger partial charge in [-0.15, -0.1) is 0 Å². The molecule has 0 amide bonds. The Balaban J connectivity index is 3.91. The second-order valence-electron chi connectivity index (χ2n) is 1.02. The normalized spacial score (nSPS) is 16.0. The zero-order valence-electron chi connectivity index (χ0n) is 3.60. The molecule has 1 N–H and O–H groups in total. The lowest BCUT2D eigenvalue weighted by molar-refractivity contribution is 0.0605. The maximum Gasteiger partial charge on any atom is 0.372 e. The second kappa shape index (κ2) is 2.45. The average Bonchev–Trinajstić information content (AvgIpc) is 1.67. The molecule has 2 nitrogen and oxygen atoms in total. The highest BCUT2D eigenvalue weighted by Gasteiger charge is 2.36. The number of rotatable bonds is 2. The van der Waals surface area contributed by atoms with Crippen LogP contribution in [0.4, 0.5) is 13.2 Å². The molecule has 0 aliphatic rings. The predicted molar refractivity (Wildman–Crippen MR) is 21.7 cm³/mol. The van der Waals surface area contributed by atoms with Gasteiger partial charge in [-0.3, -0.25) is 0 Å². The molecule has 0 aromatic heterocycles. The van der Waals surface area contributed by atoms with Gasteiger partial charge in [-0.2, -0.15) is 8.78 Å². The topological polar surface area (TPSA) is 37.3 Å². The summed E-state index contributed by atoms with van der Waals surface area (Å²) >= 11 is -3.38. The zero-order valence-corrected chi connectivity index (χ0v) is 4.42. The Morgan fingerprint density at radius 1 is 1.62 bits per heavy atom. The molecule has 0 saturated heterocycles. The summed E-state index contributed by atoms with van der Waals surface area (Å²) in [6.07, 6.45) is 0. The van der Waals surface area contributed by atoms with E-state index in [2.05, 4.69) is 0 Å². The SMILES string of the molecule is O=S(O)C(F)(F)CF. The number of alkyl halides is 3.